The first-order valence-electron chi connectivity index (χ1n) is 6.36. The predicted octanol–water partition coefficient (Wildman–Crippen LogP) is 0.542. The highest BCUT2D eigenvalue weighted by Gasteiger charge is 2.19. The van der Waals surface area contributed by atoms with Crippen LogP contribution in [0.3, 0.4) is 0 Å². The van der Waals surface area contributed by atoms with Gasteiger partial charge >= 0.3 is 0 Å². The molecule has 0 radical (unpaired) electrons. The van der Waals surface area contributed by atoms with Crippen molar-refractivity contribution in [3.63, 3.8) is 0 Å². The summed E-state index contributed by atoms with van der Waals surface area (Å²) in [5, 5.41) is 2.77. The third-order valence-corrected chi connectivity index (χ3v) is 2.78. The Morgan fingerprint density at radius 3 is 2.59 bits per heavy atom. The van der Waals surface area contributed by atoms with E-state index >= 15 is 0 Å². The number of hydrogen-bond acceptors (Lipinski definition) is 3. The van der Waals surface area contributed by atoms with Crippen molar-refractivity contribution in [1.29, 1.82) is 0 Å². The quantitative estimate of drug-likeness (QED) is 0.546. The highest BCUT2D eigenvalue weighted by molar-refractivity contribution is 5.96. The summed E-state index contributed by atoms with van der Waals surface area (Å²) in [6, 6.07) is 0. The Balaban J connectivity index is 2.14. The van der Waals surface area contributed by atoms with Gasteiger partial charge in [-0.05, 0) is 6.42 Å². The Hall–Kier alpha value is -1.10. The summed E-state index contributed by atoms with van der Waals surface area (Å²) >= 11 is 0. The molecule has 2 amide bonds. The SMILES string of the molecule is CCCCCNC(=O)CC(=O)N1CCOCC1. The number of amides is 2. The Kier molecular flexibility index (Phi) is 6.62. The number of rotatable bonds is 6. The zero-order chi connectivity index (χ0) is 12.5. The maximum Gasteiger partial charge on any atom is 0.232 e. The van der Waals surface area contributed by atoms with E-state index in [0.29, 0.717) is 32.8 Å². The molecule has 0 unspecified atom stereocenters. The number of nitrogens with zero attached hydrogens (tertiary/aromatic N) is 1. The molecule has 1 aliphatic rings. The second kappa shape index (κ2) is 8.06. The van der Waals surface area contributed by atoms with Gasteiger partial charge in [-0.1, -0.05) is 19.8 Å². The van der Waals surface area contributed by atoms with Crippen LogP contribution in [0.2, 0.25) is 0 Å². The van der Waals surface area contributed by atoms with Gasteiger partial charge in [-0.2, -0.15) is 0 Å². The van der Waals surface area contributed by atoms with Gasteiger partial charge in [0.05, 0.1) is 13.2 Å². The average molecular weight is 242 g/mol. The van der Waals surface area contributed by atoms with Gasteiger partial charge in [0.2, 0.25) is 11.8 Å². The number of hydrogen-bond donors (Lipinski definition) is 1. The van der Waals surface area contributed by atoms with E-state index in [1.54, 1.807) is 4.90 Å². The summed E-state index contributed by atoms with van der Waals surface area (Å²) in [6.45, 7) is 5.13. The van der Waals surface area contributed by atoms with Gasteiger partial charge in [0.1, 0.15) is 6.42 Å². The van der Waals surface area contributed by atoms with E-state index in [1.807, 2.05) is 0 Å². The second-order valence-corrected chi connectivity index (χ2v) is 4.23. The van der Waals surface area contributed by atoms with Crippen LogP contribution in [0.1, 0.15) is 32.6 Å². The van der Waals surface area contributed by atoms with Crippen LogP contribution in [0.5, 0.6) is 0 Å². The molecule has 0 atom stereocenters. The van der Waals surface area contributed by atoms with Gasteiger partial charge in [-0.3, -0.25) is 9.59 Å². The molecule has 1 aliphatic heterocycles. The molecule has 0 aliphatic carbocycles. The minimum Gasteiger partial charge on any atom is -0.378 e. The topological polar surface area (TPSA) is 58.6 Å². The number of nitrogens with one attached hydrogen (secondary N) is 1. The van der Waals surface area contributed by atoms with Crippen LogP contribution in [0.15, 0.2) is 0 Å². The molecule has 1 heterocycles. The molecular formula is C12H22N2O3. The summed E-state index contributed by atoms with van der Waals surface area (Å²) < 4.78 is 5.15. The number of carbonyl (C=O) groups excluding carboxylic acids is 2. The van der Waals surface area contributed by atoms with Crippen molar-refractivity contribution in [2.75, 3.05) is 32.8 Å². The van der Waals surface area contributed by atoms with Crippen molar-refractivity contribution in [3.05, 3.63) is 0 Å². The number of carbonyl (C=O) groups is 2. The maximum absolute atomic E-state index is 11.7. The summed E-state index contributed by atoms with van der Waals surface area (Å²) in [7, 11) is 0. The molecule has 98 valence electrons. The molecule has 0 aromatic heterocycles. The molecule has 0 aromatic rings. The zero-order valence-corrected chi connectivity index (χ0v) is 10.5. The van der Waals surface area contributed by atoms with Crippen molar-refractivity contribution < 1.29 is 14.3 Å². The van der Waals surface area contributed by atoms with E-state index in [9.17, 15) is 9.59 Å². The second-order valence-electron chi connectivity index (χ2n) is 4.23. The first-order valence-corrected chi connectivity index (χ1v) is 6.36. The van der Waals surface area contributed by atoms with Gasteiger partial charge in [0.25, 0.3) is 0 Å². The minimum atomic E-state index is -0.169. The number of morpholine rings is 1. The molecule has 1 saturated heterocycles. The largest absolute Gasteiger partial charge is 0.378 e. The summed E-state index contributed by atoms with van der Waals surface area (Å²) in [4.78, 5) is 24.9. The lowest BCUT2D eigenvalue weighted by Crippen LogP contribution is -2.42. The van der Waals surface area contributed by atoms with E-state index in [1.165, 1.54) is 0 Å². The van der Waals surface area contributed by atoms with E-state index in [0.717, 1.165) is 19.3 Å². The number of unbranched alkanes of at least 4 members (excludes halogenated alkanes) is 2. The van der Waals surface area contributed by atoms with Crippen LogP contribution < -0.4 is 5.32 Å². The molecule has 5 nitrogen and oxygen atoms in total. The molecule has 1 fully saturated rings. The summed E-state index contributed by atoms with van der Waals surface area (Å²) in [5.41, 5.74) is 0. The van der Waals surface area contributed by atoms with Crippen LogP contribution >= 0.6 is 0 Å². The highest BCUT2D eigenvalue weighted by Crippen LogP contribution is 2.00. The number of ether oxygens (including phenoxy) is 1. The highest BCUT2D eigenvalue weighted by atomic mass is 16.5. The normalized spacial score (nSPS) is 15.7. The molecule has 0 aromatic carbocycles. The van der Waals surface area contributed by atoms with Gasteiger partial charge in [-0.25, -0.2) is 0 Å². The Labute approximate surface area is 102 Å². The zero-order valence-electron chi connectivity index (χ0n) is 10.5. The van der Waals surface area contributed by atoms with Gasteiger partial charge in [0, 0.05) is 19.6 Å². The lowest BCUT2D eigenvalue weighted by atomic mass is 10.2. The van der Waals surface area contributed by atoms with E-state index in [-0.39, 0.29) is 18.2 Å². The minimum absolute atomic E-state index is 0.0356. The summed E-state index contributed by atoms with van der Waals surface area (Å²) in [5.74, 6) is -0.265. The van der Waals surface area contributed by atoms with E-state index < -0.39 is 0 Å². The molecule has 0 bridgehead atoms. The fourth-order valence-corrected chi connectivity index (χ4v) is 1.73. The van der Waals surface area contributed by atoms with Gasteiger partial charge in [-0.15, -0.1) is 0 Å². The molecular weight excluding hydrogens is 220 g/mol. The molecule has 0 spiro atoms. The standard InChI is InChI=1S/C12H22N2O3/c1-2-3-4-5-13-11(15)10-12(16)14-6-8-17-9-7-14/h2-10H2,1H3,(H,13,15). The van der Waals surface area contributed by atoms with Crippen LogP contribution in [-0.2, 0) is 14.3 Å². The first kappa shape index (κ1) is 14.0. The maximum atomic E-state index is 11.7. The molecule has 1 N–H and O–H groups in total. The monoisotopic (exact) mass is 242 g/mol. The van der Waals surface area contributed by atoms with Crippen molar-refractivity contribution in [1.82, 2.24) is 10.2 Å². The third-order valence-electron chi connectivity index (χ3n) is 2.78. The molecule has 5 heteroatoms. The predicted molar refractivity (Wildman–Crippen MR) is 64.6 cm³/mol. The molecule has 1 rings (SSSR count). The fourth-order valence-electron chi connectivity index (χ4n) is 1.73. The van der Waals surface area contributed by atoms with Crippen molar-refractivity contribution >= 4 is 11.8 Å². The molecule has 17 heavy (non-hydrogen) atoms. The van der Waals surface area contributed by atoms with Crippen LogP contribution in [0.25, 0.3) is 0 Å². The van der Waals surface area contributed by atoms with Gasteiger partial charge in [0.15, 0.2) is 0 Å². The smallest absolute Gasteiger partial charge is 0.232 e. The summed E-state index contributed by atoms with van der Waals surface area (Å²) in [6.07, 6.45) is 3.18. The average Bonchev–Trinajstić information content (AvgIpc) is 2.36. The fraction of sp³-hybridized carbons (Fsp3) is 0.833. The van der Waals surface area contributed by atoms with E-state index in [2.05, 4.69) is 12.2 Å². The van der Waals surface area contributed by atoms with Crippen LogP contribution in [-0.4, -0.2) is 49.6 Å². The lowest BCUT2D eigenvalue weighted by molar-refractivity contribution is -0.139. The van der Waals surface area contributed by atoms with Gasteiger partial charge < -0.3 is 15.0 Å². The lowest BCUT2D eigenvalue weighted by Gasteiger charge is -2.26. The Morgan fingerprint density at radius 1 is 1.24 bits per heavy atom. The van der Waals surface area contributed by atoms with Crippen molar-refractivity contribution in [3.8, 4) is 0 Å². The first-order chi connectivity index (χ1) is 8.24. The Morgan fingerprint density at radius 2 is 1.94 bits per heavy atom. The van der Waals surface area contributed by atoms with Crippen molar-refractivity contribution in [2.45, 2.75) is 32.6 Å². The van der Waals surface area contributed by atoms with E-state index in [4.69, 9.17) is 4.74 Å². The van der Waals surface area contributed by atoms with Crippen LogP contribution in [0.4, 0.5) is 0 Å². The third kappa shape index (κ3) is 5.68. The van der Waals surface area contributed by atoms with Crippen LogP contribution in [0, 0.1) is 0 Å². The Bertz CT molecular complexity index is 250. The molecule has 0 saturated carbocycles. The van der Waals surface area contributed by atoms with Crippen molar-refractivity contribution in [2.24, 2.45) is 0 Å².